The summed E-state index contributed by atoms with van der Waals surface area (Å²) in [5.74, 6) is -0.871. The van der Waals surface area contributed by atoms with Crippen LogP contribution in [0.3, 0.4) is 0 Å². The molecular formula is C16H15BrClNO2. The van der Waals surface area contributed by atoms with E-state index in [4.69, 9.17) is 16.7 Å². The van der Waals surface area contributed by atoms with Crippen molar-refractivity contribution in [3.05, 3.63) is 63.1 Å². The predicted molar refractivity (Wildman–Crippen MR) is 89.0 cm³/mol. The fourth-order valence-corrected chi connectivity index (χ4v) is 2.53. The SMILES string of the molecule is Cc1cc(CN(CC(=O)O)c2cccc(Cl)c2)ccc1Br. The summed E-state index contributed by atoms with van der Waals surface area (Å²) in [5, 5.41) is 9.70. The summed E-state index contributed by atoms with van der Waals surface area (Å²) in [5.41, 5.74) is 2.97. The van der Waals surface area contributed by atoms with Crippen LogP contribution in [0.15, 0.2) is 46.9 Å². The molecule has 110 valence electrons. The molecule has 0 saturated carbocycles. The Kier molecular flexibility index (Phi) is 5.26. The molecule has 0 aromatic heterocycles. The summed E-state index contributed by atoms with van der Waals surface area (Å²) in [6.07, 6.45) is 0. The number of anilines is 1. The Bertz CT molecular complexity index is 660. The third kappa shape index (κ3) is 4.48. The van der Waals surface area contributed by atoms with Crippen LogP contribution in [0.2, 0.25) is 5.02 Å². The van der Waals surface area contributed by atoms with Gasteiger partial charge >= 0.3 is 5.97 Å². The molecule has 0 amide bonds. The Morgan fingerprint density at radius 3 is 2.67 bits per heavy atom. The molecule has 3 nitrogen and oxygen atoms in total. The number of benzene rings is 2. The van der Waals surface area contributed by atoms with Crippen LogP contribution >= 0.6 is 27.5 Å². The molecular weight excluding hydrogens is 354 g/mol. The number of nitrogens with zero attached hydrogens (tertiary/aromatic N) is 1. The monoisotopic (exact) mass is 367 g/mol. The van der Waals surface area contributed by atoms with Crippen molar-refractivity contribution < 1.29 is 9.90 Å². The molecule has 0 aliphatic heterocycles. The number of hydrogen-bond acceptors (Lipinski definition) is 2. The molecule has 1 N–H and O–H groups in total. The Morgan fingerprint density at radius 2 is 2.05 bits per heavy atom. The maximum atomic E-state index is 11.1. The first-order valence-corrected chi connectivity index (χ1v) is 7.60. The minimum atomic E-state index is -0.871. The number of aliphatic carboxylic acids is 1. The van der Waals surface area contributed by atoms with E-state index in [1.54, 1.807) is 17.0 Å². The van der Waals surface area contributed by atoms with Gasteiger partial charge in [0.05, 0.1) is 0 Å². The maximum absolute atomic E-state index is 11.1. The van der Waals surface area contributed by atoms with Crippen molar-refractivity contribution in [3.8, 4) is 0 Å². The summed E-state index contributed by atoms with van der Waals surface area (Å²) in [6, 6.07) is 13.2. The first kappa shape index (κ1) is 15.9. The molecule has 0 bridgehead atoms. The molecule has 0 unspecified atom stereocenters. The van der Waals surface area contributed by atoms with Gasteiger partial charge in [-0.05, 0) is 42.3 Å². The van der Waals surface area contributed by atoms with E-state index in [1.807, 2.05) is 37.3 Å². The molecule has 2 aromatic carbocycles. The Morgan fingerprint density at radius 1 is 1.29 bits per heavy atom. The lowest BCUT2D eigenvalue weighted by Gasteiger charge is -2.23. The fourth-order valence-electron chi connectivity index (χ4n) is 2.10. The van der Waals surface area contributed by atoms with Crippen LogP contribution in [0.1, 0.15) is 11.1 Å². The number of aryl methyl sites for hydroxylation is 1. The highest BCUT2D eigenvalue weighted by molar-refractivity contribution is 9.10. The van der Waals surface area contributed by atoms with Gasteiger partial charge in [-0.1, -0.05) is 45.7 Å². The zero-order valence-corrected chi connectivity index (χ0v) is 13.9. The molecule has 0 spiro atoms. The van der Waals surface area contributed by atoms with Crippen LogP contribution in [-0.2, 0) is 11.3 Å². The van der Waals surface area contributed by atoms with Crippen molar-refractivity contribution in [1.82, 2.24) is 0 Å². The first-order chi connectivity index (χ1) is 9.95. The summed E-state index contributed by atoms with van der Waals surface area (Å²) < 4.78 is 1.04. The van der Waals surface area contributed by atoms with E-state index in [2.05, 4.69) is 15.9 Å². The van der Waals surface area contributed by atoms with Crippen molar-refractivity contribution in [1.29, 1.82) is 0 Å². The van der Waals surface area contributed by atoms with Gasteiger partial charge in [0.2, 0.25) is 0 Å². The van der Waals surface area contributed by atoms with E-state index >= 15 is 0 Å². The molecule has 0 heterocycles. The Labute approximate surface area is 137 Å². The number of carboxylic acids is 1. The van der Waals surface area contributed by atoms with Crippen LogP contribution in [0.25, 0.3) is 0 Å². The second kappa shape index (κ2) is 6.96. The second-order valence-corrected chi connectivity index (χ2v) is 6.10. The fraction of sp³-hybridized carbons (Fsp3) is 0.188. The normalized spacial score (nSPS) is 10.4. The maximum Gasteiger partial charge on any atom is 0.323 e. The van der Waals surface area contributed by atoms with Crippen molar-refractivity contribution >= 4 is 39.2 Å². The smallest absolute Gasteiger partial charge is 0.323 e. The third-order valence-electron chi connectivity index (χ3n) is 3.10. The van der Waals surface area contributed by atoms with Crippen LogP contribution in [-0.4, -0.2) is 17.6 Å². The van der Waals surface area contributed by atoms with Crippen molar-refractivity contribution in [2.45, 2.75) is 13.5 Å². The van der Waals surface area contributed by atoms with Gasteiger partial charge in [-0.15, -0.1) is 0 Å². The highest BCUT2D eigenvalue weighted by Gasteiger charge is 2.12. The molecule has 0 fully saturated rings. The van der Waals surface area contributed by atoms with Gasteiger partial charge in [-0.2, -0.15) is 0 Å². The molecule has 0 atom stereocenters. The lowest BCUT2D eigenvalue weighted by atomic mass is 10.1. The lowest BCUT2D eigenvalue weighted by molar-refractivity contribution is -0.135. The van der Waals surface area contributed by atoms with Crippen molar-refractivity contribution in [2.24, 2.45) is 0 Å². The minimum absolute atomic E-state index is 0.0740. The molecule has 0 saturated heterocycles. The third-order valence-corrected chi connectivity index (χ3v) is 4.22. The average Bonchev–Trinajstić information content (AvgIpc) is 2.42. The number of carbonyl (C=O) groups is 1. The average molecular weight is 369 g/mol. The van der Waals surface area contributed by atoms with E-state index in [0.717, 1.165) is 21.3 Å². The molecule has 2 aromatic rings. The summed E-state index contributed by atoms with van der Waals surface area (Å²) in [6.45, 7) is 2.45. The summed E-state index contributed by atoms with van der Waals surface area (Å²) >= 11 is 9.46. The van der Waals surface area contributed by atoms with E-state index in [0.29, 0.717) is 11.6 Å². The number of hydrogen-bond donors (Lipinski definition) is 1. The highest BCUT2D eigenvalue weighted by Crippen LogP contribution is 2.23. The van der Waals surface area contributed by atoms with Gasteiger partial charge in [0.25, 0.3) is 0 Å². The van der Waals surface area contributed by atoms with Crippen LogP contribution in [0.5, 0.6) is 0 Å². The van der Waals surface area contributed by atoms with Gasteiger partial charge in [-0.25, -0.2) is 0 Å². The topological polar surface area (TPSA) is 40.5 Å². The van der Waals surface area contributed by atoms with Gasteiger partial charge in [0.15, 0.2) is 0 Å². The molecule has 2 rings (SSSR count). The predicted octanol–water partition coefficient (Wildman–Crippen LogP) is 4.50. The van der Waals surface area contributed by atoms with Crippen LogP contribution < -0.4 is 4.90 Å². The van der Waals surface area contributed by atoms with Gasteiger partial charge in [-0.3, -0.25) is 4.79 Å². The van der Waals surface area contributed by atoms with Crippen molar-refractivity contribution in [3.63, 3.8) is 0 Å². The molecule has 5 heteroatoms. The lowest BCUT2D eigenvalue weighted by Crippen LogP contribution is -2.29. The Hall–Kier alpha value is -1.52. The van der Waals surface area contributed by atoms with E-state index in [-0.39, 0.29) is 6.54 Å². The molecule has 0 aliphatic rings. The first-order valence-electron chi connectivity index (χ1n) is 6.43. The zero-order chi connectivity index (χ0) is 15.4. The number of rotatable bonds is 5. The van der Waals surface area contributed by atoms with Gasteiger partial charge < -0.3 is 10.0 Å². The largest absolute Gasteiger partial charge is 0.480 e. The van der Waals surface area contributed by atoms with Crippen LogP contribution in [0, 0.1) is 6.92 Å². The van der Waals surface area contributed by atoms with Crippen molar-refractivity contribution in [2.75, 3.05) is 11.4 Å². The van der Waals surface area contributed by atoms with E-state index in [1.165, 1.54) is 0 Å². The number of halogens is 2. The quantitative estimate of drug-likeness (QED) is 0.844. The highest BCUT2D eigenvalue weighted by atomic mass is 79.9. The minimum Gasteiger partial charge on any atom is -0.480 e. The Balaban J connectivity index is 2.27. The summed E-state index contributed by atoms with van der Waals surface area (Å²) in [4.78, 5) is 12.9. The van der Waals surface area contributed by atoms with E-state index < -0.39 is 5.97 Å². The zero-order valence-electron chi connectivity index (χ0n) is 11.5. The molecule has 21 heavy (non-hydrogen) atoms. The standard InChI is InChI=1S/C16H15BrClNO2/c1-11-7-12(5-6-15(11)17)9-19(10-16(20)21)14-4-2-3-13(18)8-14/h2-8H,9-10H2,1H3,(H,20,21). The second-order valence-electron chi connectivity index (χ2n) is 4.81. The van der Waals surface area contributed by atoms with Gasteiger partial charge in [0, 0.05) is 21.7 Å². The van der Waals surface area contributed by atoms with E-state index in [9.17, 15) is 4.79 Å². The van der Waals surface area contributed by atoms with Gasteiger partial charge in [0.1, 0.15) is 6.54 Å². The molecule has 0 aliphatic carbocycles. The molecule has 0 radical (unpaired) electrons. The summed E-state index contributed by atoms with van der Waals surface area (Å²) in [7, 11) is 0. The van der Waals surface area contributed by atoms with Crippen LogP contribution in [0.4, 0.5) is 5.69 Å². The number of carboxylic acid groups (broad SMARTS) is 1.